The van der Waals surface area contributed by atoms with E-state index in [4.69, 9.17) is 22.1 Å². The average Bonchev–Trinajstić information content (AvgIpc) is 2.45. The quantitative estimate of drug-likeness (QED) is 0.862. The van der Waals surface area contributed by atoms with Crippen LogP contribution in [-0.2, 0) is 0 Å². The van der Waals surface area contributed by atoms with E-state index in [0.717, 1.165) is 0 Å². The third kappa shape index (κ3) is 3.94. The number of alkyl halides is 3. The fourth-order valence-electron chi connectivity index (χ4n) is 1.75. The molecule has 0 atom stereocenters. The number of rotatable bonds is 4. The number of pyridine rings is 1. The first-order valence-corrected chi connectivity index (χ1v) is 6.47. The van der Waals surface area contributed by atoms with Crippen LogP contribution in [0.2, 0.25) is 5.02 Å². The van der Waals surface area contributed by atoms with E-state index in [1.807, 2.05) is 0 Å². The third-order valence-corrected chi connectivity index (χ3v) is 3.06. The molecule has 0 radical (unpaired) electrons. The summed E-state index contributed by atoms with van der Waals surface area (Å²) in [5.74, 6) is 0.316. The lowest BCUT2D eigenvalue weighted by atomic mass is 10.1. The predicted molar refractivity (Wildman–Crippen MR) is 77.2 cm³/mol. The van der Waals surface area contributed by atoms with Gasteiger partial charge in [0, 0.05) is 23.4 Å². The first kappa shape index (κ1) is 16.2. The van der Waals surface area contributed by atoms with Gasteiger partial charge in [0.15, 0.2) is 6.61 Å². The van der Waals surface area contributed by atoms with E-state index in [1.165, 1.54) is 25.4 Å². The average molecular weight is 333 g/mol. The smallest absolute Gasteiger partial charge is 0.422 e. The molecule has 8 heteroatoms. The van der Waals surface area contributed by atoms with Crippen molar-refractivity contribution in [2.45, 2.75) is 6.18 Å². The first-order valence-electron chi connectivity index (χ1n) is 6.09. The van der Waals surface area contributed by atoms with Crippen molar-refractivity contribution < 1.29 is 22.6 Å². The van der Waals surface area contributed by atoms with Crippen molar-refractivity contribution in [1.82, 2.24) is 4.98 Å². The summed E-state index contributed by atoms with van der Waals surface area (Å²) in [6.45, 7) is -1.39. The van der Waals surface area contributed by atoms with Crippen molar-refractivity contribution >= 4 is 17.3 Å². The van der Waals surface area contributed by atoms with Crippen LogP contribution in [0.5, 0.6) is 11.6 Å². The largest absolute Gasteiger partial charge is 0.495 e. The maximum absolute atomic E-state index is 12.1. The van der Waals surface area contributed by atoms with E-state index in [-0.39, 0.29) is 5.88 Å². The second-order valence-corrected chi connectivity index (χ2v) is 4.77. The number of nitrogens with zero attached hydrogens (tertiary/aromatic N) is 1. The van der Waals surface area contributed by atoms with Gasteiger partial charge < -0.3 is 15.2 Å². The number of nitrogen functional groups attached to an aromatic ring is 1. The summed E-state index contributed by atoms with van der Waals surface area (Å²) < 4.78 is 45.8. The van der Waals surface area contributed by atoms with Gasteiger partial charge >= 0.3 is 6.18 Å². The highest BCUT2D eigenvalue weighted by molar-refractivity contribution is 6.33. The van der Waals surface area contributed by atoms with Gasteiger partial charge in [-0.25, -0.2) is 4.98 Å². The van der Waals surface area contributed by atoms with Crippen LogP contribution in [0.3, 0.4) is 0 Å². The molecular formula is C14H12ClF3N2O2. The van der Waals surface area contributed by atoms with E-state index in [2.05, 4.69) is 9.72 Å². The Hall–Kier alpha value is -2.15. The maximum Gasteiger partial charge on any atom is 0.422 e. The van der Waals surface area contributed by atoms with Crippen molar-refractivity contribution in [3.05, 3.63) is 35.5 Å². The Morgan fingerprint density at radius 3 is 2.55 bits per heavy atom. The van der Waals surface area contributed by atoms with Gasteiger partial charge in [-0.15, -0.1) is 0 Å². The van der Waals surface area contributed by atoms with Crippen LogP contribution in [0, 0.1) is 0 Å². The minimum Gasteiger partial charge on any atom is -0.495 e. The number of hydrogen-bond donors (Lipinski definition) is 1. The molecule has 118 valence electrons. The molecule has 0 amide bonds. The van der Waals surface area contributed by atoms with Gasteiger partial charge in [0.05, 0.1) is 17.8 Å². The zero-order chi connectivity index (χ0) is 16.3. The number of nitrogens with two attached hydrogens (primary N) is 1. The Kier molecular flexibility index (Phi) is 4.65. The number of anilines is 1. The molecule has 0 aliphatic heterocycles. The van der Waals surface area contributed by atoms with Crippen LogP contribution in [0.25, 0.3) is 11.1 Å². The van der Waals surface area contributed by atoms with Crippen molar-refractivity contribution in [1.29, 1.82) is 0 Å². The Labute approximate surface area is 129 Å². The van der Waals surface area contributed by atoms with Crippen LogP contribution in [0.4, 0.5) is 18.9 Å². The van der Waals surface area contributed by atoms with Gasteiger partial charge in [-0.2, -0.15) is 13.2 Å². The highest BCUT2D eigenvalue weighted by Crippen LogP contribution is 2.35. The molecule has 1 aromatic carbocycles. The lowest BCUT2D eigenvalue weighted by molar-refractivity contribution is -0.154. The first-order chi connectivity index (χ1) is 10.3. The predicted octanol–water partition coefficient (Wildman–Crippen LogP) is 3.93. The molecule has 0 unspecified atom stereocenters. The fourth-order valence-corrected chi connectivity index (χ4v) is 2.03. The molecule has 0 fully saturated rings. The van der Waals surface area contributed by atoms with Crippen molar-refractivity contribution in [2.24, 2.45) is 0 Å². The van der Waals surface area contributed by atoms with Gasteiger partial charge in [0.1, 0.15) is 5.75 Å². The number of methoxy groups -OCH3 is 1. The summed E-state index contributed by atoms with van der Waals surface area (Å²) in [7, 11) is 1.47. The molecule has 1 aromatic heterocycles. The standard InChI is InChI=1S/C14H12ClF3N2O2/c1-21-12-4-9(10(15)5-11(12)19)8-2-3-13(20-6-8)22-7-14(16,17)18/h2-6H,7,19H2,1H3. The van der Waals surface area contributed by atoms with Crippen molar-refractivity contribution in [3.8, 4) is 22.8 Å². The summed E-state index contributed by atoms with van der Waals surface area (Å²) in [5, 5.41) is 0.379. The highest BCUT2D eigenvalue weighted by Gasteiger charge is 2.28. The summed E-state index contributed by atoms with van der Waals surface area (Å²) >= 11 is 6.11. The molecule has 0 aliphatic carbocycles. The molecule has 2 aromatic rings. The van der Waals surface area contributed by atoms with Gasteiger partial charge in [-0.05, 0) is 18.2 Å². The lowest BCUT2D eigenvalue weighted by Gasteiger charge is -2.11. The Bertz CT molecular complexity index is 660. The van der Waals surface area contributed by atoms with Gasteiger partial charge in [-0.3, -0.25) is 0 Å². The normalized spacial score (nSPS) is 11.3. The Morgan fingerprint density at radius 2 is 2.00 bits per heavy atom. The SMILES string of the molecule is COc1cc(-c2ccc(OCC(F)(F)F)nc2)c(Cl)cc1N. The number of aromatic nitrogens is 1. The number of hydrogen-bond acceptors (Lipinski definition) is 4. The zero-order valence-electron chi connectivity index (χ0n) is 11.4. The van der Waals surface area contributed by atoms with Gasteiger partial charge in [0.25, 0.3) is 0 Å². The van der Waals surface area contributed by atoms with E-state index in [9.17, 15) is 13.2 Å². The second kappa shape index (κ2) is 6.31. The number of benzene rings is 1. The minimum atomic E-state index is -4.41. The van der Waals surface area contributed by atoms with E-state index >= 15 is 0 Å². The minimum absolute atomic E-state index is 0.125. The molecule has 22 heavy (non-hydrogen) atoms. The monoisotopic (exact) mass is 332 g/mol. The number of halogens is 4. The summed E-state index contributed by atoms with van der Waals surface area (Å²) in [4.78, 5) is 3.82. The molecule has 2 rings (SSSR count). The van der Waals surface area contributed by atoms with E-state index in [1.54, 1.807) is 12.1 Å². The highest BCUT2D eigenvalue weighted by atomic mass is 35.5. The second-order valence-electron chi connectivity index (χ2n) is 4.36. The maximum atomic E-state index is 12.1. The van der Waals surface area contributed by atoms with Crippen molar-refractivity contribution in [2.75, 3.05) is 19.5 Å². The summed E-state index contributed by atoms with van der Waals surface area (Å²) in [6, 6.07) is 6.05. The summed E-state index contributed by atoms with van der Waals surface area (Å²) in [5.41, 5.74) is 7.31. The van der Waals surface area contributed by atoms with E-state index < -0.39 is 12.8 Å². The third-order valence-electron chi connectivity index (χ3n) is 2.75. The molecule has 0 aliphatic rings. The molecule has 4 nitrogen and oxygen atoms in total. The van der Waals surface area contributed by atoms with E-state index in [0.29, 0.717) is 27.6 Å². The molecule has 0 saturated carbocycles. The fraction of sp³-hybridized carbons (Fsp3) is 0.214. The van der Waals surface area contributed by atoms with Crippen molar-refractivity contribution in [3.63, 3.8) is 0 Å². The molecule has 0 spiro atoms. The van der Waals surface area contributed by atoms with Crippen LogP contribution in [0.1, 0.15) is 0 Å². The molecule has 2 N–H and O–H groups in total. The topological polar surface area (TPSA) is 57.4 Å². The van der Waals surface area contributed by atoms with Crippen LogP contribution in [0.15, 0.2) is 30.5 Å². The molecule has 0 saturated heterocycles. The summed E-state index contributed by atoms with van der Waals surface area (Å²) in [6.07, 6.45) is -3.05. The molecule has 0 bridgehead atoms. The number of ether oxygens (including phenoxy) is 2. The van der Waals surface area contributed by atoms with Gasteiger partial charge in [-0.1, -0.05) is 11.6 Å². The Balaban J connectivity index is 2.24. The van der Waals surface area contributed by atoms with Crippen LogP contribution in [-0.4, -0.2) is 24.9 Å². The molecular weight excluding hydrogens is 321 g/mol. The van der Waals surface area contributed by atoms with Crippen LogP contribution >= 0.6 is 11.6 Å². The Morgan fingerprint density at radius 1 is 1.27 bits per heavy atom. The lowest BCUT2D eigenvalue weighted by Crippen LogP contribution is -2.19. The van der Waals surface area contributed by atoms with Crippen LogP contribution < -0.4 is 15.2 Å². The van der Waals surface area contributed by atoms with Gasteiger partial charge in [0.2, 0.25) is 5.88 Å². The zero-order valence-corrected chi connectivity index (χ0v) is 12.2. The molecule has 1 heterocycles.